The molecular formula is C9H17F3N2O2. The molecule has 96 valence electrons. The number of alkyl halides is 3. The van der Waals surface area contributed by atoms with Crippen LogP contribution in [0.1, 0.15) is 6.92 Å². The highest BCUT2D eigenvalue weighted by molar-refractivity contribution is 5.71. The van der Waals surface area contributed by atoms with Gasteiger partial charge in [-0.3, -0.25) is 4.79 Å². The lowest BCUT2D eigenvalue weighted by molar-refractivity contribution is -0.192. The lowest BCUT2D eigenvalue weighted by atomic mass is 10.1. The zero-order chi connectivity index (χ0) is 12.8. The van der Waals surface area contributed by atoms with Gasteiger partial charge in [0.25, 0.3) is 0 Å². The van der Waals surface area contributed by atoms with Gasteiger partial charge in [-0.2, -0.15) is 13.2 Å². The zero-order valence-corrected chi connectivity index (χ0v) is 9.34. The van der Waals surface area contributed by atoms with Crippen LogP contribution in [0, 0.1) is 5.92 Å². The first kappa shape index (κ1) is 15.2. The maximum absolute atomic E-state index is 12.2. The molecule has 0 bridgehead atoms. The Morgan fingerprint density at radius 1 is 1.50 bits per heavy atom. The number of aliphatic carboxylic acids is 1. The molecule has 0 spiro atoms. The summed E-state index contributed by atoms with van der Waals surface area (Å²) in [6.45, 7) is 3.06. The fraction of sp³-hybridized carbons (Fsp3) is 0.889. The van der Waals surface area contributed by atoms with Crippen molar-refractivity contribution >= 4 is 5.97 Å². The Balaban J connectivity index is 3.92. The Kier molecular flexibility index (Phi) is 6.35. The molecular weight excluding hydrogens is 225 g/mol. The fourth-order valence-corrected chi connectivity index (χ4v) is 1.02. The number of nitrogens with zero attached hydrogens (tertiary/aromatic N) is 1. The van der Waals surface area contributed by atoms with E-state index < -0.39 is 24.6 Å². The monoisotopic (exact) mass is 242 g/mol. The second-order valence-corrected chi connectivity index (χ2v) is 3.53. The molecule has 0 heterocycles. The number of halogens is 3. The summed E-state index contributed by atoms with van der Waals surface area (Å²) >= 11 is 0. The summed E-state index contributed by atoms with van der Waals surface area (Å²) in [7, 11) is 1.83. The maximum atomic E-state index is 12.2. The molecule has 0 aliphatic carbocycles. The minimum Gasteiger partial charge on any atom is -0.481 e. The van der Waals surface area contributed by atoms with Crippen LogP contribution in [0.2, 0.25) is 0 Å². The van der Waals surface area contributed by atoms with Gasteiger partial charge in [0, 0.05) is 19.6 Å². The van der Waals surface area contributed by atoms with Crippen LogP contribution < -0.4 is 5.32 Å². The molecule has 0 aromatic carbocycles. The van der Waals surface area contributed by atoms with Crippen LogP contribution in [-0.2, 0) is 4.79 Å². The Hall–Kier alpha value is -0.820. The Morgan fingerprint density at radius 2 is 2.06 bits per heavy atom. The highest BCUT2D eigenvalue weighted by Crippen LogP contribution is 2.25. The molecule has 7 heteroatoms. The van der Waals surface area contributed by atoms with Crippen LogP contribution in [0.3, 0.4) is 0 Å². The molecule has 4 nitrogen and oxygen atoms in total. The van der Waals surface area contributed by atoms with Crippen LogP contribution in [0.15, 0.2) is 0 Å². The van der Waals surface area contributed by atoms with Crippen LogP contribution in [0.4, 0.5) is 13.2 Å². The number of hydrogen-bond acceptors (Lipinski definition) is 3. The molecule has 1 unspecified atom stereocenters. The quantitative estimate of drug-likeness (QED) is 0.648. The van der Waals surface area contributed by atoms with Gasteiger partial charge in [0.15, 0.2) is 5.92 Å². The van der Waals surface area contributed by atoms with E-state index in [0.29, 0.717) is 13.1 Å². The van der Waals surface area contributed by atoms with Gasteiger partial charge in [0.1, 0.15) is 0 Å². The number of carbonyl (C=O) groups is 1. The van der Waals surface area contributed by atoms with Crippen molar-refractivity contribution in [2.75, 3.05) is 33.2 Å². The number of hydrogen-bond donors (Lipinski definition) is 2. The summed E-state index contributed by atoms with van der Waals surface area (Å²) in [5.41, 5.74) is 0. The molecule has 16 heavy (non-hydrogen) atoms. The molecule has 2 N–H and O–H groups in total. The van der Waals surface area contributed by atoms with Crippen molar-refractivity contribution < 1.29 is 23.1 Å². The number of carboxylic acids is 1. The van der Waals surface area contributed by atoms with Crippen molar-refractivity contribution in [3.63, 3.8) is 0 Å². The van der Waals surface area contributed by atoms with Gasteiger partial charge in [0.05, 0.1) is 0 Å². The van der Waals surface area contributed by atoms with Crippen LogP contribution in [0.5, 0.6) is 0 Å². The van der Waals surface area contributed by atoms with Crippen LogP contribution >= 0.6 is 0 Å². The molecule has 1 atom stereocenters. The molecule has 0 aliphatic heterocycles. The predicted molar refractivity (Wildman–Crippen MR) is 53.2 cm³/mol. The second kappa shape index (κ2) is 6.70. The molecule has 0 radical (unpaired) electrons. The lowest BCUT2D eigenvalue weighted by Crippen LogP contribution is -2.41. The average molecular weight is 242 g/mol. The van der Waals surface area contributed by atoms with Gasteiger partial charge in [-0.05, 0) is 13.6 Å². The molecule has 0 rings (SSSR count). The summed E-state index contributed by atoms with van der Waals surface area (Å²) in [5, 5.41) is 10.9. The SMILES string of the molecule is CCN(C)CCNCC(C(=O)O)C(F)(F)F. The summed E-state index contributed by atoms with van der Waals surface area (Å²) < 4.78 is 36.6. The van der Waals surface area contributed by atoms with E-state index in [-0.39, 0.29) is 0 Å². The summed E-state index contributed by atoms with van der Waals surface area (Å²) in [5.74, 6) is -4.18. The Labute approximate surface area is 92.4 Å². The molecule has 0 aromatic rings. The largest absolute Gasteiger partial charge is 0.481 e. The molecule has 0 saturated carbocycles. The van der Waals surface area contributed by atoms with E-state index in [1.54, 1.807) is 0 Å². The van der Waals surface area contributed by atoms with E-state index in [4.69, 9.17) is 5.11 Å². The highest BCUT2D eigenvalue weighted by atomic mass is 19.4. The Bertz CT molecular complexity index is 221. The first-order valence-electron chi connectivity index (χ1n) is 4.97. The van der Waals surface area contributed by atoms with Gasteiger partial charge < -0.3 is 15.3 Å². The lowest BCUT2D eigenvalue weighted by Gasteiger charge is -2.18. The van der Waals surface area contributed by atoms with Gasteiger partial charge in [-0.1, -0.05) is 6.92 Å². The van der Waals surface area contributed by atoms with Crippen LogP contribution in [-0.4, -0.2) is 55.4 Å². The first-order chi connectivity index (χ1) is 7.29. The average Bonchev–Trinajstić information content (AvgIpc) is 2.14. The van der Waals surface area contributed by atoms with E-state index >= 15 is 0 Å². The van der Waals surface area contributed by atoms with E-state index in [0.717, 1.165) is 6.54 Å². The van der Waals surface area contributed by atoms with Crippen molar-refractivity contribution in [3.05, 3.63) is 0 Å². The molecule has 0 fully saturated rings. The van der Waals surface area contributed by atoms with Crippen molar-refractivity contribution in [2.45, 2.75) is 13.1 Å². The number of rotatable bonds is 7. The first-order valence-corrected chi connectivity index (χ1v) is 4.97. The summed E-state index contributed by atoms with van der Waals surface area (Å²) in [6.07, 6.45) is -4.70. The third-order valence-corrected chi connectivity index (χ3v) is 2.25. The topological polar surface area (TPSA) is 52.6 Å². The van der Waals surface area contributed by atoms with E-state index in [1.165, 1.54) is 0 Å². The molecule has 0 amide bonds. The zero-order valence-electron chi connectivity index (χ0n) is 9.34. The van der Waals surface area contributed by atoms with Gasteiger partial charge in [-0.25, -0.2) is 0 Å². The van der Waals surface area contributed by atoms with Crippen molar-refractivity contribution in [1.82, 2.24) is 10.2 Å². The minimum atomic E-state index is -4.70. The van der Waals surface area contributed by atoms with Gasteiger partial charge in [-0.15, -0.1) is 0 Å². The molecule has 0 aliphatic rings. The smallest absolute Gasteiger partial charge is 0.403 e. The third kappa shape index (κ3) is 5.92. The Morgan fingerprint density at radius 3 is 2.44 bits per heavy atom. The number of likely N-dealkylation sites (N-methyl/N-ethyl adjacent to an activating group) is 1. The van der Waals surface area contributed by atoms with E-state index in [1.807, 2.05) is 18.9 Å². The number of nitrogens with one attached hydrogen (secondary N) is 1. The summed E-state index contributed by atoms with van der Waals surface area (Å²) in [4.78, 5) is 12.3. The highest BCUT2D eigenvalue weighted by Gasteiger charge is 2.44. The normalized spacial score (nSPS) is 14.1. The van der Waals surface area contributed by atoms with Crippen LogP contribution in [0.25, 0.3) is 0 Å². The minimum absolute atomic E-state index is 0.337. The fourth-order valence-electron chi connectivity index (χ4n) is 1.02. The van der Waals surface area contributed by atoms with Crippen molar-refractivity contribution in [1.29, 1.82) is 0 Å². The second-order valence-electron chi connectivity index (χ2n) is 3.53. The predicted octanol–water partition coefficient (Wildman–Crippen LogP) is 0.791. The number of carboxylic acid groups (broad SMARTS) is 1. The maximum Gasteiger partial charge on any atom is 0.403 e. The summed E-state index contributed by atoms with van der Waals surface area (Å²) in [6, 6.07) is 0. The van der Waals surface area contributed by atoms with Gasteiger partial charge in [0.2, 0.25) is 0 Å². The molecule has 0 saturated heterocycles. The van der Waals surface area contributed by atoms with E-state index in [9.17, 15) is 18.0 Å². The van der Waals surface area contributed by atoms with Crippen molar-refractivity contribution in [2.24, 2.45) is 5.92 Å². The van der Waals surface area contributed by atoms with E-state index in [2.05, 4.69) is 5.32 Å². The van der Waals surface area contributed by atoms with Crippen molar-refractivity contribution in [3.8, 4) is 0 Å². The molecule has 0 aromatic heterocycles. The standard InChI is InChI=1S/C9H17F3N2O2/c1-3-14(2)5-4-13-6-7(8(15)16)9(10,11)12/h7,13H,3-6H2,1-2H3,(H,15,16). The third-order valence-electron chi connectivity index (χ3n) is 2.25. The van der Waals surface area contributed by atoms with Gasteiger partial charge >= 0.3 is 12.1 Å².